The minimum atomic E-state index is -2.49. The van der Waals surface area contributed by atoms with Gasteiger partial charge in [-0.25, -0.2) is 4.79 Å². The molecule has 0 radical (unpaired) electrons. The van der Waals surface area contributed by atoms with Crippen molar-refractivity contribution in [1.29, 1.82) is 0 Å². The zero-order valence-electron chi connectivity index (χ0n) is 16.0. The first-order valence-corrected chi connectivity index (χ1v) is 8.86. The maximum absolute atomic E-state index is 11.6. The zero-order valence-corrected chi connectivity index (χ0v) is 16.0. The van der Waals surface area contributed by atoms with E-state index in [1.54, 1.807) is 0 Å². The molecule has 2 saturated heterocycles. The second-order valence-electron chi connectivity index (χ2n) is 6.99. The first-order valence-electron chi connectivity index (χ1n) is 8.86. The highest BCUT2D eigenvalue weighted by Gasteiger charge is 2.59. The zero-order chi connectivity index (χ0) is 22.1. The summed E-state index contributed by atoms with van der Waals surface area (Å²) in [4.78, 5) is 23.2. The molecular weight excluding hydrogens is 398 g/mol. The molecule has 10 atom stereocenters. The largest absolute Gasteiger partial charge is 0.479 e. The van der Waals surface area contributed by atoms with Crippen LogP contribution >= 0.6 is 0 Å². The minimum absolute atomic E-state index is 0.679. The van der Waals surface area contributed by atoms with Crippen LogP contribution in [-0.4, -0.2) is 117 Å². The molecule has 0 aromatic carbocycles. The van der Waals surface area contributed by atoms with Crippen molar-refractivity contribution in [2.24, 2.45) is 0 Å². The first-order chi connectivity index (χ1) is 13.5. The Morgan fingerprint density at radius 3 is 2.28 bits per heavy atom. The summed E-state index contributed by atoms with van der Waals surface area (Å²) in [5.41, 5.74) is 0. The minimum Gasteiger partial charge on any atom is -0.479 e. The number of aliphatic carboxylic acids is 1. The van der Waals surface area contributed by atoms with E-state index in [0.29, 0.717) is 0 Å². The number of carboxylic acid groups (broad SMARTS) is 1. The Morgan fingerprint density at radius 2 is 1.79 bits per heavy atom. The van der Waals surface area contributed by atoms with Crippen LogP contribution in [0.5, 0.6) is 0 Å². The van der Waals surface area contributed by atoms with E-state index in [-0.39, 0.29) is 0 Å². The van der Waals surface area contributed by atoms with E-state index in [1.807, 2.05) is 0 Å². The topological polar surface area (TPSA) is 204 Å². The predicted octanol–water partition coefficient (Wildman–Crippen LogP) is -4.12. The van der Waals surface area contributed by atoms with Crippen LogP contribution < -0.4 is 5.32 Å². The quantitative estimate of drug-likeness (QED) is 0.203. The Kier molecular flexibility index (Phi) is 7.53. The lowest BCUT2D eigenvalue weighted by atomic mass is 9.91. The number of carbonyl (C=O) groups excluding carboxylic acids is 1. The number of carboxylic acids is 1. The first kappa shape index (κ1) is 23.9. The average molecular weight is 425 g/mol. The second kappa shape index (κ2) is 9.16. The normalized spacial score (nSPS) is 45.6. The molecule has 0 aliphatic carbocycles. The Labute approximate surface area is 165 Å². The van der Waals surface area contributed by atoms with Crippen molar-refractivity contribution in [2.75, 3.05) is 13.7 Å². The number of hydrogen-bond donors (Lipinski definition) is 7. The summed E-state index contributed by atoms with van der Waals surface area (Å²) in [5.74, 6) is -4.67. The number of ether oxygens (including phenoxy) is 4. The summed E-state index contributed by atoms with van der Waals surface area (Å²) >= 11 is 0. The van der Waals surface area contributed by atoms with E-state index < -0.39 is 79.3 Å². The van der Waals surface area contributed by atoms with E-state index in [4.69, 9.17) is 18.9 Å². The van der Waals surface area contributed by atoms with Gasteiger partial charge in [-0.2, -0.15) is 0 Å². The molecule has 2 aliphatic heterocycles. The monoisotopic (exact) mass is 425 g/mol. The fourth-order valence-corrected chi connectivity index (χ4v) is 3.41. The number of rotatable bonds is 6. The van der Waals surface area contributed by atoms with Crippen LogP contribution in [0.25, 0.3) is 0 Å². The number of aliphatic hydroxyl groups is 5. The molecule has 13 heteroatoms. The third-order valence-corrected chi connectivity index (χ3v) is 5.03. The highest BCUT2D eigenvalue weighted by atomic mass is 16.7. The number of carbonyl (C=O) groups is 2. The maximum atomic E-state index is 11.6. The molecule has 168 valence electrons. The summed E-state index contributed by atoms with van der Waals surface area (Å²) in [7, 11) is 1.03. The summed E-state index contributed by atoms with van der Waals surface area (Å²) in [5, 5.41) is 62.6. The Balaban J connectivity index is 2.39. The predicted molar refractivity (Wildman–Crippen MR) is 90.2 cm³/mol. The molecule has 0 saturated carbocycles. The van der Waals surface area contributed by atoms with Crippen LogP contribution in [0.3, 0.4) is 0 Å². The van der Waals surface area contributed by atoms with Crippen molar-refractivity contribution in [3.8, 4) is 0 Å². The fourth-order valence-electron chi connectivity index (χ4n) is 3.41. The van der Waals surface area contributed by atoms with Gasteiger partial charge in [0.25, 0.3) is 0 Å². The highest BCUT2D eigenvalue weighted by molar-refractivity contribution is 5.74. The van der Waals surface area contributed by atoms with E-state index in [0.717, 1.165) is 14.0 Å². The van der Waals surface area contributed by atoms with E-state index in [1.165, 1.54) is 6.92 Å². The van der Waals surface area contributed by atoms with Gasteiger partial charge in [-0.05, 0) is 6.92 Å². The van der Waals surface area contributed by atoms with Crippen LogP contribution in [-0.2, 0) is 28.5 Å². The molecule has 29 heavy (non-hydrogen) atoms. The summed E-state index contributed by atoms with van der Waals surface area (Å²) in [6.07, 6.45) is -12.6. The van der Waals surface area contributed by atoms with Crippen molar-refractivity contribution in [1.82, 2.24) is 5.32 Å². The molecule has 1 amide bonds. The fraction of sp³-hybridized carbons (Fsp3) is 0.875. The van der Waals surface area contributed by atoms with Gasteiger partial charge < -0.3 is 54.9 Å². The van der Waals surface area contributed by atoms with Gasteiger partial charge in [-0.3, -0.25) is 4.79 Å². The van der Waals surface area contributed by atoms with E-state index in [2.05, 4.69) is 5.32 Å². The third-order valence-electron chi connectivity index (χ3n) is 5.03. The van der Waals surface area contributed by atoms with Crippen LogP contribution in [0.15, 0.2) is 0 Å². The van der Waals surface area contributed by atoms with Gasteiger partial charge >= 0.3 is 5.97 Å². The maximum Gasteiger partial charge on any atom is 0.335 e. The second-order valence-corrected chi connectivity index (χ2v) is 6.99. The summed E-state index contributed by atoms with van der Waals surface area (Å²) in [6.45, 7) is 1.67. The van der Waals surface area contributed by atoms with Gasteiger partial charge in [0.1, 0.15) is 36.6 Å². The van der Waals surface area contributed by atoms with Crippen molar-refractivity contribution < 1.29 is 59.2 Å². The van der Waals surface area contributed by atoms with Crippen molar-refractivity contribution in [2.45, 2.75) is 74.7 Å². The molecule has 0 aromatic heterocycles. The van der Waals surface area contributed by atoms with Gasteiger partial charge in [0, 0.05) is 14.0 Å². The molecule has 2 rings (SSSR count). The Hall–Kier alpha value is -1.42. The number of nitrogens with one attached hydrogen (secondary N) is 1. The van der Waals surface area contributed by atoms with E-state index >= 15 is 0 Å². The summed E-state index contributed by atoms with van der Waals surface area (Å²) in [6, 6.07) is -1.60. The molecule has 2 aliphatic rings. The molecule has 2 fully saturated rings. The Bertz CT molecular complexity index is 604. The van der Waals surface area contributed by atoms with Crippen LogP contribution in [0.1, 0.15) is 13.8 Å². The van der Waals surface area contributed by atoms with Gasteiger partial charge in [-0.1, -0.05) is 0 Å². The number of amides is 1. The molecular formula is C16H27NO12. The van der Waals surface area contributed by atoms with Crippen LogP contribution in [0.2, 0.25) is 0 Å². The lowest BCUT2D eigenvalue weighted by molar-refractivity contribution is -0.379. The van der Waals surface area contributed by atoms with E-state index in [9.17, 15) is 40.2 Å². The van der Waals surface area contributed by atoms with Gasteiger partial charge in [0.15, 0.2) is 12.4 Å². The SMILES string of the molecule is CO[C@]1(O)C(NC(C)=O)[C@H](O[C@@H]2C(C(=O)O)O[C@H](C)C(O)[C@H]2O)OC(CO)[C@H]1O. The molecule has 7 N–H and O–H groups in total. The number of hydrogen-bond acceptors (Lipinski definition) is 11. The molecule has 0 spiro atoms. The summed E-state index contributed by atoms with van der Waals surface area (Å²) < 4.78 is 21.0. The molecule has 4 unspecified atom stereocenters. The lowest BCUT2D eigenvalue weighted by Crippen LogP contribution is -2.74. The number of aliphatic hydroxyl groups excluding tert-OH is 4. The number of methoxy groups -OCH3 is 1. The highest BCUT2D eigenvalue weighted by Crippen LogP contribution is 2.34. The van der Waals surface area contributed by atoms with Gasteiger partial charge in [0.2, 0.25) is 11.7 Å². The molecule has 2 heterocycles. The third kappa shape index (κ3) is 4.52. The van der Waals surface area contributed by atoms with Crippen molar-refractivity contribution >= 4 is 11.9 Å². The smallest absolute Gasteiger partial charge is 0.335 e. The standard InChI is InChI=1S/C16H27NO12/c1-5-8(20)9(21)10(11(27-5)14(23)24)29-15-12(17-6(2)19)16(25,26-3)13(22)7(4-18)28-15/h5,7-13,15,18,20-22,25H,4H2,1-3H3,(H,17,19)(H,23,24)/t5-,7?,8?,9-,10+,11?,12?,13-,15+,16-/m1/s1. The molecule has 13 nitrogen and oxygen atoms in total. The molecule has 0 aromatic rings. The van der Waals surface area contributed by atoms with Crippen LogP contribution in [0, 0.1) is 0 Å². The lowest BCUT2D eigenvalue weighted by Gasteiger charge is -2.50. The van der Waals surface area contributed by atoms with Gasteiger partial charge in [-0.15, -0.1) is 0 Å². The van der Waals surface area contributed by atoms with Crippen molar-refractivity contribution in [3.63, 3.8) is 0 Å². The van der Waals surface area contributed by atoms with Gasteiger partial charge in [0.05, 0.1) is 12.7 Å². The molecule has 0 bridgehead atoms. The van der Waals surface area contributed by atoms with Crippen molar-refractivity contribution in [3.05, 3.63) is 0 Å². The Morgan fingerprint density at radius 1 is 1.17 bits per heavy atom. The van der Waals surface area contributed by atoms with Crippen LogP contribution in [0.4, 0.5) is 0 Å². The average Bonchev–Trinajstić information content (AvgIpc) is 2.66.